The van der Waals surface area contributed by atoms with Crippen molar-refractivity contribution >= 4 is 11.6 Å². The van der Waals surface area contributed by atoms with Crippen LogP contribution in [0, 0.1) is 12.8 Å². The molecule has 0 saturated carbocycles. The molecule has 0 radical (unpaired) electrons. The number of anilines is 1. The van der Waals surface area contributed by atoms with Crippen molar-refractivity contribution in [3.05, 3.63) is 29.8 Å². The molecule has 1 amide bonds. The number of carbonyl (C=O) groups excluding carboxylic acids is 1. The number of nitrogens with one attached hydrogen (secondary N) is 2. The van der Waals surface area contributed by atoms with Gasteiger partial charge in [-0.1, -0.05) is 26.0 Å². The SMILES string of the molecule is Cc1cccc(NC(=O)CNC(C)CC(C)C)c1. The normalized spacial score (nSPS) is 12.5. The fourth-order valence-electron chi connectivity index (χ4n) is 1.99. The molecule has 0 aliphatic rings. The maximum absolute atomic E-state index is 11.7. The van der Waals surface area contributed by atoms with E-state index in [9.17, 15) is 4.79 Å². The van der Waals surface area contributed by atoms with Gasteiger partial charge in [0.25, 0.3) is 0 Å². The summed E-state index contributed by atoms with van der Waals surface area (Å²) in [5.74, 6) is 0.656. The maximum Gasteiger partial charge on any atom is 0.238 e. The Balaban J connectivity index is 2.34. The summed E-state index contributed by atoms with van der Waals surface area (Å²) in [6, 6.07) is 8.20. The summed E-state index contributed by atoms with van der Waals surface area (Å²) in [6.45, 7) is 8.86. The van der Waals surface area contributed by atoms with Gasteiger partial charge in [0, 0.05) is 11.7 Å². The van der Waals surface area contributed by atoms with Crippen molar-refractivity contribution in [2.24, 2.45) is 5.92 Å². The Morgan fingerprint density at radius 3 is 2.61 bits per heavy atom. The molecule has 0 bridgehead atoms. The zero-order chi connectivity index (χ0) is 13.5. The third-order valence-electron chi connectivity index (χ3n) is 2.74. The van der Waals surface area contributed by atoms with Gasteiger partial charge in [0.1, 0.15) is 0 Å². The van der Waals surface area contributed by atoms with E-state index < -0.39 is 0 Å². The molecule has 1 aromatic rings. The molecule has 0 aliphatic carbocycles. The first-order valence-corrected chi connectivity index (χ1v) is 6.57. The molecule has 3 heteroatoms. The second-order valence-corrected chi connectivity index (χ2v) is 5.33. The van der Waals surface area contributed by atoms with Crippen molar-refractivity contribution in [2.75, 3.05) is 11.9 Å². The third-order valence-corrected chi connectivity index (χ3v) is 2.74. The number of rotatable bonds is 6. The highest BCUT2D eigenvalue weighted by Crippen LogP contribution is 2.09. The molecular formula is C15H24N2O. The number of amides is 1. The highest BCUT2D eigenvalue weighted by atomic mass is 16.1. The fourth-order valence-corrected chi connectivity index (χ4v) is 1.99. The predicted octanol–water partition coefficient (Wildman–Crippen LogP) is 2.96. The van der Waals surface area contributed by atoms with Crippen LogP contribution in [0.5, 0.6) is 0 Å². The van der Waals surface area contributed by atoms with Gasteiger partial charge in [0.15, 0.2) is 0 Å². The summed E-state index contributed by atoms with van der Waals surface area (Å²) < 4.78 is 0. The average Bonchev–Trinajstić information content (AvgIpc) is 2.25. The minimum absolute atomic E-state index is 0.0104. The van der Waals surface area contributed by atoms with E-state index in [0.29, 0.717) is 18.5 Å². The van der Waals surface area contributed by atoms with Crippen LogP contribution in [-0.4, -0.2) is 18.5 Å². The Morgan fingerprint density at radius 2 is 2.00 bits per heavy atom. The minimum Gasteiger partial charge on any atom is -0.325 e. The molecular weight excluding hydrogens is 224 g/mol. The molecule has 0 heterocycles. The van der Waals surface area contributed by atoms with Crippen LogP contribution in [0.15, 0.2) is 24.3 Å². The molecule has 0 aliphatic heterocycles. The molecule has 0 spiro atoms. The Labute approximate surface area is 110 Å². The molecule has 3 nitrogen and oxygen atoms in total. The zero-order valence-electron chi connectivity index (χ0n) is 11.8. The molecule has 1 aromatic carbocycles. The van der Waals surface area contributed by atoms with Gasteiger partial charge < -0.3 is 10.6 Å². The molecule has 2 N–H and O–H groups in total. The topological polar surface area (TPSA) is 41.1 Å². The summed E-state index contributed by atoms with van der Waals surface area (Å²) in [5, 5.41) is 6.13. The summed E-state index contributed by atoms with van der Waals surface area (Å²) in [7, 11) is 0. The lowest BCUT2D eigenvalue weighted by Gasteiger charge is -2.15. The zero-order valence-corrected chi connectivity index (χ0v) is 11.8. The van der Waals surface area contributed by atoms with Crippen LogP contribution in [0.25, 0.3) is 0 Å². The number of hydrogen-bond acceptors (Lipinski definition) is 2. The molecule has 0 saturated heterocycles. The predicted molar refractivity (Wildman–Crippen MR) is 76.7 cm³/mol. The quantitative estimate of drug-likeness (QED) is 0.812. The van der Waals surface area contributed by atoms with Crippen molar-refractivity contribution in [2.45, 2.75) is 40.2 Å². The molecule has 0 aromatic heterocycles. The summed E-state index contributed by atoms with van der Waals surface area (Å²) >= 11 is 0. The van der Waals surface area contributed by atoms with E-state index >= 15 is 0 Å². The molecule has 100 valence electrons. The Bertz CT molecular complexity index is 388. The summed E-state index contributed by atoms with van der Waals surface area (Å²) in [6.07, 6.45) is 1.08. The highest BCUT2D eigenvalue weighted by Gasteiger charge is 2.07. The van der Waals surface area contributed by atoms with E-state index in [0.717, 1.165) is 17.7 Å². The number of hydrogen-bond donors (Lipinski definition) is 2. The van der Waals surface area contributed by atoms with Crippen LogP contribution < -0.4 is 10.6 Å². The first-order valence-electron chi connectivity index (χ1n) is 6.57. The smallest absolute Gasteiger partial charge is 0.238 e. The van der Waals surface area contributed by atoms with Gasteiger partial charge in [-0.2, -0.15) is 0 Å². The van der Waals surface area contributed by atoms with Gasteiger partial charge in [-0.15, -0.1) is 0 Å². The van der Waals surface area contributed by atoms with E-state index in [1.54, 1.807) is 0 Å². The van der Waals surface area contributed by atoms with Crippen LogP contribution in [0.3, 0.4) is 0 Å². The highest BCUT2D eigenvalue weighted by molar-refractivity contribution is 5.92. The largest absolute Gasteiger partial charge is 0.325 e. The lowest BCUT2D eigenvalue weighted by Crippen LogP contribution is -2.35. The van der Waals surface area contributed by atoms with Gasteiger partial charge in [-0.3, -0.25) is 4.79 Å². The Hall–Kier alpha value is -1.35. The number of benzene rings is 1. The average molecular weight is 248 g/mol. The van der Waals surface area contributed by atoms with Gasteiger partial charge in [-0.25, -0.2) is 0 Å². The number of aryl methyl sites for hydroxylation is 1. The van der Waals surface area contributed by atoms with Crippen molar-refractivity contribution in [3.8, 4) is 0 Å². The monoisotopic (exact) mass is 248 g/mol. The van der Waals surface area contributed by atoms with Crippen LogP contribution in [-0.2, 0) is 4.79 Å². The first kappa shape index (κ1) is 14.7. The summed E-state index contributed by atoms with van der Waals surface area (Å²) in [5.41, 5.74) is 2.01. The van der Waals surface area contributed by atoms with Crippen molar-refractivity contribution in [1.29, 1.82) is 0 Å². The van der Waals surface area contributed by atoms with Crippen molar-refractivity contribution in [1.82, 2.24) is 5.32 Å². The standard InChI is InChI=1S/C15H24N2O/c1-11(2)8-13(4)16-10-15(18)17-14-7-5-6-12(3)9-14/h5-7,9,11,13,16H,8,10H2,1-4H3,(H,17,18). The molecule has 18 heavy (non-hydrogen) atoms. The lowest BCUT2D eigenvalue weighted by atomic mass is 10.1. The summed E-state index contributed by atoms with van der Waals surface area (Å²) in [4.78, 5) is 11.7. The second kappa shape index (κ2) is 7.17. The van der Waals surface area contributed by atoms with Crippen molar-refractivity contribution in [3.63, 3.8) is 0 Å². The van der Waals surface area contributed by atoms with Crippen LogP contribution in [0.4, 0.5) is 5.69 Å². The molecule has 1 atom stereocenters. The van der Waals surface area contributed by atoms with Crippen LogP contribution in [0.1, 0.15) is 32.8 Å². The molecule has 0 fully saturated rings. The fraction of sp³-hybridized carbons (Fsp3) is 0.533. The van der Waals surface area contributed by atoms with E-state index in [2.05, 4.69) is 31.4 Å². The van der Waals surface area contributed by atoms with Gasteiger partial charge in [0.2, 0.25) is 5.91 Å². The second-order valence-electron chi connectivity index (χ2n) is 5.33. The first-order chi connectivity index (χ1) is 8.47. The van der Waals surface area contributed by atoms with E-state index in [-0.39, 0.29) is 5.91 Å². The minimum atomic E-state index is 0.0104. The lowest BCUT2D eigenvalue weighted by molar-refractivity contribution is -0.115. The number of carbonyl (C=O) groups is 1. The van der Waals surface area contributed by atoms with E-state index in [1.807, 2.05) is 31.2 Å². The third kappa shape index (κ3) is 5.82. The van der Waals surface area contributed by atoms with Gasteiger partial charge in [-0.05, 0) is 43.9 Å². The van der Waals surface area contributed by atoms with E-state index in [1.165, 1.54) is 0 Å². The molecule has 1 rings (SSSR count). The van der Waals surface area contributed by atoms with Crippen LogP contribution >= 0.6 is 0 Å². The van der Waals surface area contributed by atoms with Gasteiger partial charge in [0.05, 0.1) is 6.54 Å². The maximum atomic E-state index is 11.7. The van der Waals surface area contributed by atoms with Crippen LogP contribution in [0.2, 0.25) is 0 Å². The van der Waals surface area contributed by atoms with Gasteiger partial charge >= 0.3 is 0 Å². The Kier molecular flexibility index (Phi) is 5.86. The van der Waals surface area contributed by atoms with Crippen molar-refractivity contribution < 1.29 is 4.79 Å². The molecule has 1 unspecified atom stereocenters. The van der Waals surface area contributed by atoms with E-state index in [4.69, 9.17) is 0 Å². The Morgan fingerprint density at radius 1 is 1.28 bits per heavy atom.